The van der Waals surface area contributed by atoms with Crippen LogP contribution in [0.15, 0.2) is 76.6 Å². The molecule has 0 fully saturated rings. The molecule has 2 aromatic heterocycles. The fourth-order valence-electron chi connectivity index (χ4n) is 3.72. The molecule has 4 aromatic rings. The molecule has 3 heterocycles. The number of rotatable bonds is 4. The van der Waals surface area contributed by atoms with E-state index >= 15 is 0 Å². The number of ketones is 1. The Hall–Kier alpha value is -3.42. The average Bonchev–Trinajstić information content (AvgIpc) is 3.46. The molecule has 0 bridgehead atoms. The van der Waals surface area contributed by atoms with Crippen molar-refractivity contribution < 1.29 is 19.1 Å². The molecule has 1 atom stereocenters. The standard InChI is InChI=1S/C23H15ClN2O4S/c1-12-4-2-5-13(10-12)19-18(20(27)16-6-3-9-30-16)21(28)22(29)26(19)23-25-15-8-7-14(24)11-17(15)31-23/h2-11,19,28H,1H3. The number of hydrogen-bond acceptors (Lipinski definition) is 6. The number of nitrogens with zero attached hydrogens (tertiary/aromatic N) is 2. The highest BCUT2D eigenvalue weighted by Crippen LogP contribution is 2.44. The van der Waals surface area contributed by atoms with E-state index in [0.717, 1.165) is 10.3 Å². The summed E-state index contributed by atoms with van der Waals surface area (Å²) in [5.41, 5.74) is 2.27. The first-order valence-electron chi connectivity index (χ1n) is 9.41. The Kier molecular flexibility index (Phi) is 4.64. The summed E-state index contributed by atoms with van der Waals surface area (Å²) >= 11 is 7.36. The second kappa shape index (κ2) is 7.37. The molecule has 1 aliphatic heterocycles. The number of fused-ring (bicyclic) bond motifs is 1. The lowest BCUT2D eigenvalue weighted by molar-refractivity contribution is -0.117. The summed E-state index contributed by atoms with van der Waals surface area (Å²) in [6.45, 7) is 1.92. The predicted octanol–water partition coefficient (Wildman–Crippen LogP) is 5.63. The average molecular weight is 451 g/mol. The maximum absolute atomic E-state index is 13.2. The van der Waals surface area contributed by atoms with Gasteiger partial charge < -0.3 is 9.52 Å². The van der Waals surface area contributed by atoms with Gasteiger partial charge in [-0.05, 0) is 42.8 Å². The van der Waals surface area contributed by atoms with Crippen LogP contribution in [0.4, 0.5) is 5.13 Å². The number of amides is 1. The third-order valence-electron chi connectivity index (χ3n) is 5.10. The van der Waals surface area contributed by atoms with Crippen molar-refractivity contribution in [2.24, 2.45) is 0 Å². The largest absolute Gasteiger partial charge is 0.503 e. The zero-order valence-electron chi connectivity index (χ0n) is 16.2. The van der Waals surface area contributed by atoms with Crippen LogP contribution in [-0.2, 0) is 4.79 Å². The van der Waals surface area contributed by atoms with Gasteiger partial charge in [0.1, 0.15) is 0 Å². The lowest BCUT2D eigenvalue weighted by Crippen LogP contribution is -2.31. The van der Waals surface area contributed by atoms with E-state index < -0.39 is 23.5 Å². The van der Waals surface area contributed by atoms with Crippen molar-refractivity contribution in [1.29, 1.82) is 0 Å². The predicted molar refractivity (Wildman–Crippen MR) is 119 cm³/mol. The van der Waals surface area contributed by atoms with Gasteiger partial charge in [0.15, 0.2) is 16.7 Å². The summed E-state index contributed by atoms with van der Waals surface area (Å²) in [6.07, 6.45) is 1.37. The van der Waals surface area contributed by atoms with Crippen LogP contribution in [-0.4, -0.2) is 21.8 Å². The number of carbonyl (C=O) groups excluding carboxylic acids is 2. The second-order valence-corrected chi connectivity index (χ2v) is 8.61. The maximum atomic E-state index is 13.2. The quantitative estimate of drug-likeness (QED) is 0.407. The smallest absolute Gasteiger partial charge is 0.296 e. The maximum Gasteiger partial charge on any atom is 0.296 e. The van der Waals surface area contributed by atoms with E-state index in [2.05, 4.69) is 4.98 Å². The van der Waals surface area contributed by atoms with Crippen molar-refractivity contribution in [3.05, 3.63) is 94.1 Å². The summed E-state index contributed by atoms with van der Waals surface area (Å²) in [6, 6.07) is 14.9. The van der Waals surface area contributed by atoms with E-state index in [4.69, 9.17) is 16.0 Å². The molecule has 1 N–H and O–H groups in total. The Bertz CT molecular complexity index is 1370. The lowest BCUT2D eigenvalue weighted by atomic mass is 9.94. The van der Waals surface area contributed by atoms with Gasteiger partial charge in [0.05, 0.1) is 28.1 Å². The van der Waals surface area contributed by atoms with Gasteiger partial charge in [-0.2, -0.15) is 0 Å². The molecular weight excluding hydrogens is 436 g/mol. The highest BCUT2D eigenvalue weighted by molar-refractivity contribution is 7.22. The molecular formula is C23H15ClN2O4S. The number of benzene rings is 2. The molecule has 31 heavy (non-hydrogen) atoms. The van der Waals surface area contributed by atoms with Crippen molar-refractivity contribution in [3.8, 4) is 0 Å². The first kappa shape index (κ1) is 19.5. The van der Waals surface area contributed by atoms with Gasteiger partial charge >= 0.3 is 0 Å². The molecule has 1 amide bonds. The molecule has 0 radical (unpaired) electrons. The fraction of sp³-hybridized carbons (Fsp3) is 0.0870. The van der Waals surface area contributed by atoms with Crippen molar-refractivity contribution in [1.82, 2.24) is 4.98 Å². The fourth-order valence-corrected chi connectivity index (χ4v) is 4.99. The topological polar surface area (TPSA) is 83.6 Å². The first-order chi connectivity index (χ1) is 14.9. The van der Waals surface area contributed by atoms with E-state index in [1.807, 2.05) is 31.2 Å². The Labute approximate surface area is 186 Å². The monoisotopic (exact) mass is 450 g/mol. The Morgan fingerprint density at radius 1 is 1.19 bits per heavy atom. The van der Waals surface area contributed by atoms with Crippen molar-refractivity contribution >= 4 is 50.0 Å². The minimum atomic E-state index is -0.846. The van der Waals surface area contributed by atoms with Crippen LogP contribution in [0.2, 0.25) is 5.02 Å². The Balaban J connectivity index is 1.70. The number of thiazole rings is 1. The van der Waals surface area contributed by atoms with Crippen LogP contribution in [0.1, 0.15) is 27.7 Å². The molecule has 0 spiro atoms. The van der Waals surface area contributed by atoms with Crippen LogP contribution in [0.25, 0.3) is 10.2 Å². The van der Waals surface area contributed by atoms with Gasteiger partial charge in [-0.15, -0.1) is 0 Å². The summed E-state index contributed by atoms with van der Waals surface area (Å²) in [7, 11) is 0. The molecule has 6 nitrogen and oxygen atoms in total. The third-order valence-corrected chi connectivity index (χ3v) is 6.35. The molecule has 5 rings (SSSR count). The van der Waals surface area contributed by atoms with Gasteiger partial charge in [-0.1, -0.05) is 52.8 Å². The van der Waals surface area contributed by atoms with E-state index in [1.54, 1.807) is 24.3 Å². The first-order valence-corrected chi connectivity index (χ1v) is 10.6. The molecule has 2 aromatic carbocycles. The number of furan rings is 1. The van der Waals surface area contributed by atoms with Crippen LogP contribution in [0, 0.1) is 6.92 Å². The normalized spacial score (nSPS) is 16.5. The molecule has 0 saturated carbocycles. The number of hydrogen-bond donors (Lipinski definition) is 1. The van der Waals surface area contributed by atoms with Gasteiger partial charge in [0, 0.05) is 5.02 Å². The molecule has 8 heteroatoms. The van der Waals surface area contributed by atoms with Crippen LogP contribution in [0.5, 0.6) is 0 Å². The van der Waals surface area contributed by atoms with Gasteiger partial charge in [-0.3, -0.25) is 14.5 Å². The molecule has 154 valence electrons. The molecule has 0 aliphatic carbocycles. The summed E-state index contributed by atoms with van der Waals surface area (Å²) in [5.74, 6) is -1.80. The number of anilines is 1. The third kappa shape index (κ3) is 3.22. The van der Waals surface area contributed by atoms with E-state index in [-0.39, 0.29) is 11.3 Å². The van der Waals surface area contributed by atoms with Gasteiger partial charge in [0.25, 0.3) is 5.91 Å². The van der Waals surface area contributed by atoms with Gasteiger partial charge in [0.2, 0.25) is 5.78 Å². The summed E-state index contributed by atoms with van der Waals surface area (Å²) < 4.78 is 6.04. The van der Waals surface area contributed by atoms with Crippen molar-refractivity contribution in [2.75, 3.05) is 4.90 Å². The van der Waals surface area contributed by atoms with E-state index in [1.165, 1.54) is 28.6 Å². The molecule has 1 unspecified atom stereocenters. The second-order valence-electron chi connectivity index (χ2n) is 7.17. The van der Waals surface area contributed by atoms with E-state index in [9.17, 15) is 14.7 Å². The minimum absolute atomic E-state index is 0.0390. The molecule has 0 saturated heterocycles. The van der Waals surface area contributed by atoms with Gasteiger partial charge in [-0.25, -0.2) is 4.98 Å². The Morgan fingerprint density at radius 3 is 2.77 bits per heavy atom. The number of aryl methyl sites for hydroxylation is 1. The summed E-state index contributed by atoms with van der Waals surface area (Å²) in [5, 5.41) is 11.7. The molecule has 1 aliphatic rings. The minimum Gasteiger partial charge on any atom is -0.503 e. The SMILES string of the molecule is Cc1cccc(C2C(C(=O)c3ccco3)=C(O)C(=O)N2c2nc3ccc(Cl)cc3s2)c1. The number of aromatic nitrogens is 1. The highest BCUT2D eigenvalue weighted by atomic mass is 35.5. The lowest BCUT2D eigenvalue weighted by Gasteiger charge is -2.24. The highest BCUT2D eigenvalue weighted by Gasteiger charge is 2.46. The number of halogens is 1. The zero-order chi connectivity index (χ0) is 21.7. The number of carbonyl (C=O) groups is 2. The van der Waals surface area contributed by atoms with Crippen molar-refractivity contribution in [3.63, 3.8) is 0 Å². The number of aliphatic hydroxyl groups is 1. The van der Waals surface area contributed by atoms with Crippen LogP contribution in [0.3, 0.4) is 0 Å². The van der Waals surface area contributed by atoms with Crippen LogP contribution >= 0.6 is 22.9 Å². The van der Waals surface area contributed by atoms with Crippen LogP contribution < -0.4 is 4.90 Å². The number of Topliss-reactive ketones (excluding diaryl/α,β-unsaturated/α-hetero) is 1. The number of aliphatic hydroxyl groups excluding tert-OH is 1. The van der Waals surface area contributed by atoms with E-state index in [0.29, 0.717) is 21.2 Å². The summed E-state index contributed by atoms with van der Waals surface area (Å²) in [4.78, 5) is 32.3. The Morgan fingerprint density at radius 2 is 2.03 bits per heavy atom. The van der Waals surface area contributed by atoms with Crippen molar-refractivity contribution in [2.45, 2.75) is 13.0 Å². The zero-order valence-corrected chi connectivity index (χ0v) is 17.8.